The zero-order valence-corrected chi connectivity index (χ0v) is 7.82. The fourth-order valence-electron chi connectivity index (χ4n) is 0.717. The summed E-state index contributed by atoms with van der Waals surface area (Å²) in [5.74, 6) is 0.109. The molecule has 0 aliphatic rings. The van der Waals surface area contributed by atoms with Crippen LogP contribution in [0.4, 0.5) is 5.82 Å². The molecule has 1 aromatic heterocycles. The summed E-state index contributed by atoms with van der Waals surface area (Å²) in [6.07, 6.45) is 0.644. The van der Waals surface area contributed by atoms with Gasteiger partial charge < -0.3 is 4.85 Å². The third-order valence-electron chi connectivity index (χ3n) is 1.30. The van der Waals surface area contributed by atoms with Gasteiger partial charge in [0.05, 0.1) is 0 Å². The summed E-state index contributed by atoms with van der Waals surface area (Å²) >= 11 is 11.3. The van der Waals surface area contributed by atoms with Gasteiger partial charge in [0.15, 0.2) is 16.0 Å². The van der Waals surface area contributed by atoms with Crippen molar-refractivity contribution in [2.45, 2.75) is 13.3 Å². The molecule has 0 spiro atoms. The van der Waals surface area contributed by atoms with Gasteiger partial charge in [0.25, 0.3) is 0 Å². The van der Waals surface area contributed by atoms with Gasteiger partial charge in [-0.2, -0.15) is 0 Å². The first-order valence-electron chi connectivity index (χ1n) is 3.28. The minimum absolute atomic E-state index is 0.0622. The van der Waals surface area contributed by atoms with Crippen molar-refractivity contribution in [1.29, 1.82) is 0 Å². The summed E-state index contributed by atoms with van der Waals surface area (Å²) in [6, 6.07) is 0. The Morgan fingerprint density at radius 2 is 2.00 bits per heavy atom. The van der Waals surface area contributed by atoms with E-state index in [4.69, 9.17) is 29.8 Å². The average molecular weight is 202 g/mol. The van der Waals surface area contributed by atoms with Crippen LogP contribution in [0.3, 0.4) is 0 Å². The van der Waals surface area contributed by atoms with Crippen molar-refractivity contribution in [2.24, 2.45) is 0 Å². The molecule has 3 nitrogen and oxygen atoms in total. The van der Waals surface area contributed by atoms with Gasteiger partial charge in [-0.1, -0.05) is 36.7 Å². The number of nitrogens with zero attached hydrogens (tertiary/aromatic N) is 3. The molecule has 1 rings (SSSR count). The van der Waals surface area contributed by atoms with Crippen LogP contribution in [-0.2, 0) is 6.42 Å². The Morgan fingerprint density at radius 1 is 1.33 bits per heavy atom. The van der Waals surface area contributed by atoms with Crippen LogP contribution in [0.1, 0.15) is 12.6 Å². The maximum Gasteiger partial charge on any atom is 0.307 e. The van der Waals surface area contributed by atoms with Crippen LogP contribution in [0.15, 0.2) is 0 Å². The Hall–Kier alpha value is -0.850. The van der Waals surface area contributed by atoms with Crippen molar-refractivity contribution in [3.63, 3.8) is 0 Å². The standard InChI is InChI=1S/C7H5Cl2N3/c1-3-4-5(8)12-6(9)7(10-2)11-4/h3H2,1H3. The van der Waals surface area contributed by atoms with Crippen molar-refractivity contribution in [3.8, 4) is 0 Å². The third kappa shape index (κ3) is 1.66. The van der Waals surface area contributed by atoms with E-state index in [1.54, 1.807) is 0 Å². The van der Waals surface area contributed by atoms with Gasteiger partial charge in [-0.25, -0.2) is 4.98 Å². The smallest absolute Gasteiger partial charge is 0.307 e. The Bertz CT molecular complexity index is 343. The monoisotopic (exact) mass is 201 g/mol. The quantitative estimate of drug-likeness (QED) is 0.655. The molecular weight excluding hydrogens is 197 g/mol. The summed E-state index contributed by atoms with van der Waals surface area (Å²) in [5, 5.41) is 0.335. The normalized spacial score (nSPS) is 9.50. The number of aryl methyl sites for hydroxylation is 1. The zero-order chi connectivity index (χ0) is 9.14. The summed E-state index contributed by atoms with van der Waals surface area (Å²) < 4.78 is 0. The molecule has 5 heteroatoms. The maximum atomic E-state index is 6.72. The van der Waals surface area contributed by atoms with Crippen molar-refractivity contribution < 1.29 is 0 Å². The lowest BCUT2D eigenvalue weighted by molar-refractivity contribution is 1.01. The molecular formula is C7H5Cl2N3. The van der Waals surface area contributed by atoms with E-state index in [0.29, 0.717) is 12.1 Å². The van der Waals surface area contributed by atoms with E-state index in [9.17, 15) is 0 Å². The van der Waals surface area contributed by atoms with Crippen LogP contribution in [-0.4, -0.2) is 9.97 Å². The van der Waals surface area contributed by atoms with E-state index in [1.165, 1.54) is 0 Å². The van der Waals surface area contributed by atoms with Gasteiger partial charge in [0.2, 0.25) is 0 Å². The summed E-state index contributed by atoms with van der Waals surface area (Å²) in [6.45, 7) is 8.61. The lowest BCUT2D eigenvalue weighted by Crippen LogP contribution is -1.92. The number of hydrogen-bond acceptors (Lipinski definition) is 2. The molecule has 1 heterocycles. The van der Waals surface area contributed by atoms with Gasteiger partial charge in [-0.15, -0.1) is 4.98 Å². The summed E-state index contributed by atoms with van der Waals surface area (Å²) in [5.41, 5.74) is 0.604. The fourth-order valence-corrected chi connectivity index (χ4v) is 1.19. The van der Waals surface area contributed by atoms with Crippen LogP contribution < -0.4 is 0 Å². The van der Waals surface area contributed by atoms with Gasteiger partial charge in [0.1, 0.15) is 0 Å². The molecule has 12 heavy (non-hydrogen) atoms. The molecule has 0 radical (unpaired) electrons. The van der Waals surface area contributed by atoms with Crippen molar-refractivity contribution in [3.05, 3.63) is 27.4 Å². The molecule has 0 aromatic carbocycles. The molecule has 0 amide bonds. The highest BCUT2D eigenvalue weighted by Crippen LogP contribution is 2.24. The summed E-state index contributed by atoms with van der Waals surface area (Å²) in [7, 11) is 0. The first-order chi connectivity index (χ1) is 5.69. The number of aromatic nitrogens is 2. The lowest BCUT2D eigenvalue weighted by atomic mass is 10.3. The van der Waals surface area contributed by atoms with Gasteiger partial charge >= 0.3 is 5.82 Å². The van der Waals surface area contributed by atoms with E-state index >= 15 is 0 Å². The second kappa shape index (κ2) is 3.70. The molecule has 0 saturated carbocycles. The van der Waals surface area contributed by atoms with E-state index < -0.39 is 0 Å². The van der Waals surface area contributed by atoms with Crippen LogP contribution in [0.5, 0.6) is 0 Å². The van der Waals surface area contributed by atoms with E-state index in [0.717, 1.165) is 0 Å². The van der Waals surface area contributed by atoms with E-state index in [-0.39, 0.29) is 16.1 Å². The van der Waals surface area contributed by atoms with E-state index in [2.05, 4.69) is 14.8 Å². The average Bonchev–Trinajstić information content (AvgIpc) is 2.05. The number of rotatable bonds is 1. The second-order valence-corrected chi connectivity index (χ2v) is 2.76. The van der Waals surface area contributed by atoms with Gasteiger partial charge in [0, 0.05) is 6.42 Å². The van der Waals surface area contributed by atoms with Crippen molar-refractivity contribution in [2.75, 3.05) is 0 Å². The summed E-state index contributed by atoms with van der Waals surface area (Å²) in [4.78, 5) is 10.8. The topological polar surface area (TPSA) is 30.1 Å². The third-order valence-corrected chi connectivity index (χ3v) is 1.86. The second-order valence-electron chi connectivity index (χ2n) is 2.04. The molecule has 0 aliphatic heterocycles. The first kappa shape index (κ1) is 9.24. The highest BCUT2D eigenvalue weighted by atomic mass is 35.5. The molecule has 1 aromatic rings. The van der Waals surface area contributed by atoms with Crippen LogP contribution >= 0.6 is 23.2 Å². The van der Waals surface area contributed by atoms with Gasteiger partial charge in [-0.3, -0.25) is 0 Å². The largest absolute Gasteiger partial charge is 0.358 e. The molecule has 0 unspecified atom stereocenters. The van der Waals surface area contributed by atoms with Crippen molar-refractivity contribution >= 4 is 29.0 Å². The Labute approximate surface area is 80.2 Å². The minimum Gasteiger partial charge on any atom is -0.358 e. The highest BCUT2D eigenvalue weighted by Gasteiger charge is 2.11. The lowest BCUT2D eigenvalue weighted by Gasteiger charge is -1.97. The van der Waals surface area contributed by atoms with Crippen LogP contribution in [0.25, 0.3) is 4.85 Å². The Kier molecular flexibility index (Phi) is 2.85. The fraction of sp³-hybridized carbons (Fsp3) is 0.286. The Balaban J connectivity index is 3.30. The Morgan fingerprint density at radius 3 is 2.50 bits per heavy atom. The predicted molar refractivity (Wildman–Crippen MR) is 47.7 cm³/mol. The molecule has 0 N–H and O–H groups in total. The molecule has 0 saturated heterocycles. The van der Waals surface area contributed by atoms with Crippen molar-refractivity contribution in [1.82, 2.24) is 9.97 Å². The van der Waals surface area contributed by atoms with Crippen LogP contribution in [0, 0.1) is 6.57 Å². The molecule has 0 bridgehead atoms. The maximum absolute atomic E-state index is 6.72. The SMILES string of the molecule is [C-]#[N+]c1nc(CC)c(Cl)nc1Cl. The predicted octanol–water partition coefficient (Wildman–Crippen LogP) is 2.90. The molecule has 0 atom stereocenters. The molecule has 0 fully saturated rings. The zero-order valence-electron chi connectivity index (χ0n) is 6.30. The number of halogens is 2. The van der Waals surface area contributed by atoms with E-state index in [1.807, 2.05) is 6.92 Å². The van der Waals surface area contributed by atoms with Gasteiger partial charge in [-0.05, 0) is 0 Å². The van der Waals surface area contributed by atoms with Crippen LogP contribution in [0.2, 0.25) is 10.3 Å². The molecule has 62 valence electrons. The number of hydrogen-bond donors (Lipinski definition) is 0. The first-order valence-corrected chi connectivity index (χ1v) is 4.04. The highest BCUT2D eigenvalue weighted by molar-refractivity contribution is 6.34. The molecule has 0 aliphatic carbocycles. The minimum atomic E-state index is 0.0622.